The molecule has 4 aromatic rings. The Balaban J connectivity index is 1.44. The van der Waals surface area contributed by atoms with E-state index in [9.17, 15) is 73.2 Å². The molecule has 2 heterocycles. The lowest BCUT2D eigenvalue weighted by molar-refractivity contribution is -0.140. The van der Waals surface area contributed by atoms with E-state index in [2.05, 4.69) is 74.1 Å². The Morgan fingerprint density at radius 1 is 0.576 bits per heavy atom. The van der Waals surface area contributed by atoms with E-state index in [0.29, 0.717) is 72.5 Å². The number of H-pyrrole nitrogens is 1. The SMILES string of the molecule is CC(=O)N[C@@H](CC(C)C)C(=O)N[C@H](C(=O)N[C@@H](Cc1ccccc1)C(=O)N[C@]1(C)CCCCCC/C=C/CCC[C@@](C)(C(=O)NC(CO)C(=O)N[C@@H](C)C(=O)NC(C)C(N)=O)NC(=O)[C@H](CC2CCC2)CN[C@@H](CCC(N)=O)C(=O)C(=O)[C@H](C)NC(=O)[C@H](Cc2c[nH]c3ccccc23)NC(=O)C(Cc2ccc(O)cc2)NC(=O)[C@H](CCC(=O)O)NC1=O)[C@@H](C)O. The van der Waals surface area contributed by atoms with Crippen molar-refractivity contribution in [1.82, 2.24) is 74.1 Å². The highest BCUT2D eigenvalue weighted by Crippen LogP contribution is 2.33. The number of phenolic OH excluding ortho intramolecular Hbond substituents is 1. The third-order valence-electron chi connectivity index (χ3n) is 22.4. The molecule has 14 amide bonds. The van der Waals surface area contributed by atoms with Gasteiger partial charge in [0.2, 0.25) is 94.3 Å². The quantitative estimate of drug-likeness (QED) is 0.0235. The predicted molar refractivity (Wildman–Crippen MR) is 460 cm³/mol. The largest absolute Gasteiger partial charge is 0.508 e. The molecule has 37 heteroatoms. The molecule has 0 saturated heterocycles. The predicted octanol–water partition coefficient (Wildman–Crippen LogP) is 0.597. The molecule has 0 spiro atoms. The van der Waals surface area contributed by atoms with Gasteiger partial charge in [-0.1, -0.05) is 125 Å². The van der Waals surface area contributed by atoms with Gasteiger partial charge in [-0.3, -0.25) is 81.5 Å². The minimum atomic E-state index is -2.07. The first kappa shape index (κ1) is 102. The van der Waals surface area contributed by atoms with Gasteiger partial charge >= 0.3 is 5.97 Å². The average molecular weight is 1740 g/mol. The first-order valence-electron chi connectivity index (χ1n) is 42.7. The summed E-state index contributed by atoms with van der Waals surface area (Å²) < 4.78 is 0. The van der Waals surface area contributed by atoms with Crippen molar-refractivity contribution >= 4 is 111 Å². The summed E-state index contributed by atoms with van der Waals surface area (Å²) in [6.07, 6.45) is 5.48. The fraction of sp³-hybridized carbons (Fsp3) is 0.557. The molecular formula is C88H126N16O21. The minimum absolute atomic E-state index is 0.0175. The molecule has 684 valence electrons. The molecule has 6 rings (SSSR count). The number of aliphatic hydroxyl groups excluding tert-OH is 2. The number of phenols is 1. The maximum Gasteiger partial charge on any atom is 0.303 e. The average Bonchev–Trinajstić information content (AvgIpc) is 1.47. The van der Waals surface area contributed by atoms with Crippen LogP contribution in [0.15, 0.2) is 97.2 Å². The molecule has 1 aliphatic heterocycles. The van der Waals surface area contributed by atoms with Crippen LogP contribution in [0.3, 0.4) is 0 Å². The molecule has 0 radical (unpaired) electrons. The van der Waals surface area contributed by atoms with Gasteiger partial charge in [0.05, 0.1) is 30.7 Å². The van der Waals surface area contributed by atoms with E-state index in [1.165, 1.54) is 72.7 Å². The van der Waals surface area contributed by atoms with Crippen LogP contribution in [0, 0.1) is 17.8 Å². The molecule has 3 unspecified atom stereocenters. The van der Waals surface area contributed by atoms with Gasteiger partial charge in [-0.05, 0) is 152 Å². The van der Waals surface area contributed by atoms with Crippen molar-refractivity contribution in [1.29, 1.82) is 0 Å². The number of primary amides is 2. The number of amides is 14. The molecule has 2 aliphatic rings. The van der Waals surface area contributed by atoms with E-state index in [0.717, 1.165) is 6.42 Å². The summed E-state index contributed by atoms with van der Waals surface area (Å²) in [5, 5.41) is 77.0. The number of fused-ring (bicyclic) bond motifs is 1. The number of benzene rings is 3. The fourth-order valence-electron chi connectivity index (χ4n) is 14.6. The van der Waals surface area contributed by atoms with Gasteiger partial charge in [-0.15, -0.1) is 0 Å². The standard InChI is InChI=1S/C88H126N16O21/c1-49(2)41-65(96-54(7)107)81(120)102-72(53(6)106)84(123)99-67(43-56-25-18-17-19-26-56)83(122)104-88(9)40-23-16-14-12-10-11-13-15-22-39-87(8,86(125)101-69(48-105)82(121)95-52(5)76(115)94-51(4)75(90)114)103-77(116)59(42-55-27-24-28-55)47-92-63(35-37-70(89)109)74(113)73(112)50(3)93-79(118)68(45-58-46-91-62-30-21-20-29-61(58)62)98-80(119)66(44-57-31-33-60(108)34-32-57)97-78(117)64(100-85(88)124)36-38-71(110)111/h11,13,17-21,25-26,29-34,46,49-53,55,59,63-69,72,91-92,105-106,108H,10,12,14-16,22-24,27-28,35-45,47-48H2,1-9H3,(H2,89,109)(H2,90,114)(H,93,118)(H,94,115)(H,95,121)(H,96,107)(H,97,117)(H,98,119)(H,99,123)(H,100,124)(H,101,125)(H,102,120)(H,103,116)(H,104,122)(H,110,111)/b13-11+/t50-,51?,52-,53+,59+,63-,64-,65-,66?,67-,68-,69?,72-,87-,88+/m0/s1. The number of ketones is 2. The second-order valence-electron chi connectivity index (χ2n) is 33.6. The number of aliphatic carboxylic acids is 1. The lowest BCUT2D eigenvalue weighted by Crippen LogP contribution is -2.65. The highest BCUT2D eigenvalue weighted by molar-refractivity contribution is 6.41. The van der Waals surface area contributed by atoms with Gasteiger partial charge in [-0.25, -0.2) is 0 Å². The first-order valence-corrected chi connectivity index (χ1v) is 42.7. The van der Waals surface area contributed by atoms with Crippen molar-refractivity contribution in [3.8, 4) is 5.75 Å². The number of carboxylic acid groups (broad SMARTS) is 1. The van der Waals surface area contributed by atoms with Crippen molar-refractivity contribution in [2.24, 2.45) is 29.2 Å². The van der Waals surface area contributed by atoms with E-state index in [1.807, 2.05) is 12.2 Å². The zero-order valence-corrected chi connectivity index (χ0v) is 72.5. The Morgan fingerprint density at radius 3 is 1.80 bits per heavy atom. The van der Waals surface area contributed by atoms with E-state index in [4.69, 9.17) is 11.5 Å². The van der Waals surface area contributed by atoms with Crippen molar-refractivity contribution in [2.45, 2.75) is 281 Å². The normalized spacial score (nSPS) is 23.1. The molecule has 1 aromatic heterocycles. The van der Waals surface area contributed by atoms with E-state index < -0.39 is 222 Å². The summed E-state index contributed by atoms with van der Waals surface area (Å²) in [4.78, 5) is 243. The number of nitrogens with one attached hydrogen (secondary N) is 14. The number of carbonyl (C=O) groups excluding carboxylic acids is 16. The van der Waals surface area contributed by atoms with Crippen molar-refractivity contribution in [3.63, 3.8) is 0 Å². The summed E-state index contributed by atoms with van der Waals surface area (Å²) >= 11 is 0. The molecule has 3 aromatic carbocycles. The minimum Gasteiger partial charge on any atom is -0.508 e. The van der Waals surface area contributed by atoms with Crippen LogP contribution in [0.4, 0.5) is 0 Å². The van der Waals surface area contributed by atoms with Gasteiger partial charge in [0.1, 0.15) is 71.2 Å². The molecule has 1 saturated carbocycles. The van der Waals surface area contributed by atoms with Crippen molar-refractivity contribution in [2.75, 3.05) is 13.2 Å². The molecular weight excluding hydrogens is 1620 g/mol. The van der Waals surface area contributed by atoms with Crippen LogP contribution in [-0.2, 0) is 101 Å². The third-order valence-corrected chi connectivity index (χ3v) is 22.4. The Bertz CT molecular complexity index is 4460. The van der Waals surface area contributed by atoms with E-state index >= 15 is 28.8 Å². The summed E-state index contributed by atoms with van der Waals surface area (Å²) in [6.45, 7) is 11.3. The Morgan fingerprint density at radius 2 is 1.18 bits per heavy atom. The lowest BCUT2D eigenvalue weighted by Gasteiger charge is -2.35. The number of hydrogen-bond donors (Lipinski definition) is 20. The number of hydrogen-bond acceptors (Lipinski definition) is 21. The number of Topliss-reactive ketones (excluding diaryl/α,β-unsaturated/α-hetero) is 2. The summed E-state index contributed by atoms with van der Waals surface area (Å²) in [5.41, 5.74) is 8.88. The van der Waals surface area contributed by atoms with Crippen LogP contribution in [-0.4, -0.2) is 222 Å². The van der Waals surface area contributed by atoms with Crippen molar-refractivity contribution < 1.29 is 102 Å². The summed E-state index contributed by atoms with van der Waals surface area (Å²) in [7, 11) is 0. The monoisotopic (exact) mass is 1740 g/mol. The number of aromatic amines is 1. The second-order valence-corrected chi connectivity index (χ2v) is 33.6. The highest BCUT2D eigenvalue weighted by atomic mass is 16.4. The van der Waals surface area contributed by atoms with Crippen LogP contribution in [0.2, 0.25) is 0 Å². The number of aromatic nitrogens is 1. The van der Waals surface area contributed by atoms with Gasteiger partial charge in [-0.2, -0.15) is 0 Å². The van der Waals surface area contributed by atoms with Crippen LogP contribution in [0.1, 0.15) is 195 Å². The molecule has 1 fully saturated rings. The lowest BCUT2D eigenvalue weighted by atomic mass is 9.78. The van der Waals surface area contributed by atoms with E-state index in [1.54, 1.807) is 74.6 Å². The second kappa shape index (κ2) is 49.5. The first-order chi connectivity index (χ1) is 59.1. The third kappa shape index (κ3) is 32.9. The molecule has 15 atom stereocenters. The highest BCUT2D eigenvalue weighted by Gasteiger charge is 2.44. The zero-order valence-electron chi connectivity index (χ0n) is 72.5. The number of allylic oxidation sites excluding steroid dienone is 2. The van der Waals surface area contributed by atoms with Gasteiger partial charge in [0.25, 0.3) is 0 Å². The Hall–Kier alpha value is -12.0. The van der Waals surface area contributed by atoms with E-state index in [-0.39, 0.29) is 81.9 Å². The number of aliphatic hydroxyl groups is 2. The van der Waals surface area contributed by atoms with Crippen LogP contribution in [0.25, 0.3) is 10.9 Å². The van der Waals surface area contributed by atoms with Crippen LogP contribution < -0.4 is 80.6 Å². The summed E-state index contributed by atoms with van der Waals surface area (Å²) in [6, 6.07) is 3.71. The van der Waals surface area contributed by atoms with Gasteiger partial charge < -0.3 is 106 Å². The molecule has 125 heavy (non-hydrogen) atoms. The summed E-state index contributed by atoms with van der Waals surface area (Å²) in [5.74, 6) is -18.0. The maximum absolute atomic E-state index is 15.5. The van der Waals surface area contributed by atoms with Gasteiger partial charge in [0.15, 0.2) is 0 Å². The number of carbonyl (C=O) groups is 17. The number of nitrogens with two attached hydrogens (primary N) is 2. The van der Waals surface area contributed by atoms with Crippen LogP contribution in [0.5, 0.6) is 5.75 Å². The molecule has 0 bridgehead atoms. The number of para-hydroxylation sites is 1. The maximum atomic E-state index is 15.5. The topological polar surface area (TPSA) is 595 Å². The number of carboxylic acids is 1. The molecule has 22 N–H and O–H groups in total. The molecule has 1 aliphatic carbocycles. The molecule has 37 nitrogen and oxygen atoms in total. The fourth-order valence-corrected chi connectivity index (χ4v) is 14.6. The van der Waals surface area contributed by atoms with Gasteiger partial charge in [0, 0.05) is 62.7 Å². The van der Waals surface area contributed by atoms with Crippen LogP contribution >= 0.6 is 0 Å². The number of aromatic hydroxyl groups is 1. The number of rotatable bonds is 32. The zero-order chi connectivity index (χ0) is 92.4. The Labute approximate surface area is 726 Å². The Kier molecular flexibility index (Phi) is 40.3. The smallest absolute Gasteiger partial charge is 0.303 e. The van der Waals surface area contributed by atoms with Crippen molar-refractivity contribution in [3.05, 3.63) is 114 Å².